The summed E-state index contributed by atoms with van der Waals surface area (Å²) in [4.78, 5) is 28.6. The Kier molecular flexibility index (Phi) is 7.67. The first-order valence-electron chi connectivity index (χ1n) is 14.5. The molecule has 2 aliphatic carbocycles. The molecule has 0 bridgehead atoms. The van der Waals surface area contributed by atoms with Crippen LogP contribution in [-0.4, -0.2) is 35.6 Å². The lowest BCUT2D eigenvalue weighted by Gasteiger charge is -2.39. The molecule has 0 amide bonds. The second-order valence-corrected chi connectivity index (χ2v) is 12.5. The molecule has 0 spiro atoms. The second kappa shape index (κ2) is 10.9. The third-order valence-corrected chi connectivity index (χ3v) is 9.10. The fourth-order valence-corrected chi connectivity index (χ4v) is 6.86. The molecule has 40 heavy (non-hydrogen) atoms. The van der Waals surface area contributed by atoms with Crippen molar-refractivity contribution in [2.45, 2.75) is 71.9 Å². The molecule has 0 aliphatic heterocycles. The average Bonchev–Trinajstić information content (AvgIpc) is 2.91. The van der Waals surface area contributed by atoms with Crippen molar-refractivity contribution in [3.8, 4) is 11.1 Å². The number of fused-ring (bicyclic) bond motifs is 5. The Morgan fingerprint density at radius 3 is 2.30 bits per heavy atom. The molecule has 0 saturated carbocycles. The molecule has 0 saturated heterocycles. The molecule has 0 N–H and O–H groups in total. The van der Waals surface area contributed by atoms with Gasteiger partial charge in [0.1, 0.15) is 12.1 Å². The van der Waals surface area contributed by atoms with Gasteiger partial charge in [0.2, 0.25) is 0 Å². The van der Waals surface area contributed by atoms with Crippen molar-refractivity contribution in [2.24, 2.45) is 11.8 Å². The lowest BCUT2D eigenvalue weighted by Crippen LogP contribution is -2.49. The van der Waals surface area contributed by atoms with Crippen molar-refractivity contribution < 1.29 is 14.0 Å². The number of hydrogen-bond donors (Lipinski definition) is 0. The smallest absolute Gasteiger partial charge is 0.170 e. The molecule has 3 nitrogen and oxygen atoms in total. The number of aldehydes is 1. The molecule has 0 heterocycles. The molecule has 208 valence electrons. The third-order valence-electron chi connectivity index (χ3n) is 9.10. The molecule has 3 aromatic carbocycles. The van der Waals surface area contributed by atoms with Crippen LogP contribution < -0.4 is 10.4 Å². The van der Waals surface area contributed by atoms with Crippen molar-refractivity contribution >= 4 is 24.2 Å². The number of benzene rings is 3. The van der Waals surface area contributed by atoms with Crippen molar-refractivity contribution in [1.82, 2.24) is 4.90 Å². The van der Waals surface area contributed by atoms with Gasteiger partial charge < -0.3 is 4.79 Å². The Balaban J connectivity index is 1.55. The van der Waals surface area contributed by atoms with Gasteiger partial charge in [0, 0.05) is 35.5 Å². The summed E-state index contributed by atoms with van der Waals surface area (Å²) in [6.45, 7) is 14.2. The minimum absolute atomic E-state index is 0.147. The van der Waals surface area contributed by atoms with Crippen molar-refractivity contribution in [2.75, 3.05) is 6.54 Å². The zero-order valence-electron chi connectivity index (χ0n) is 24.5. The standard InChI is InChI=1S/C36H40FNO2/c1-22(2)38(23(3)4)18-17-24-7-13-28-26(19-24)10-14-30-29(28)15-16-33-31(30)20-32(34(21-39)36(33,5)6)35(40)25-8-11-27(37)12-9-25/h7-9,11-16,19-23,32,34H,10,17-18H2,1-6H3. The van der Waals surface area contributed by atoms with Crippen LogP contribution in [0.15, 0.2) is 54.6 Å². The van der Waals surface area contributed by atoms with E-state index in [0.29, 0.717) is 17.6 Å². The lowest BCUT2D eigenvalue weighted by atomic mass is 9.62. The first-order valence-corrected chi connectivity index (χ1v) is 14.5. The van der Waals surface area contributed by atoms with Gasteiger partial charge in [-0.3, -0.25) is 9.69 Å². The van der Waals surface area contributed by atoms with Gasteiger partial charge in [0.05, 0.1) is 5.92 Å². The van der Waals surface area contributed by atoms with Crippen LogP contribution in [0.5, 0.6) is 0 Å². The van der Waals surface area contributed by atoms with E-state index in [1.165, 1.54) is 46.5 Å². The maximum absolute atomic E-state index is 13.6. The van der Waals surface area contributed by atoms with E-state index in [1.807, 2.05) is 6.08 Å². The van der Waals surface area contributed by atoms with Gasteiger partial charge in [-0.05, 0) is 103 Å². The Morgan fingerprint density at radius 1 is 0.975 bits per heavy atom. The van der Waals surface area contributed by atoms with E-state index in [4.69, 9.17) is 0 Å². The molecule has 0 aromatic heterocycles. The van der Waals surface area contributed by atoms with E-state index in [1.54, 1.807) is 0 Å². The molecular weight excluding hydrogens is 497 g/mol. The maximum atomic E-state index is 13.6. The summed E-state index contributed by atoms with van der Waals surface area (Å²) in [6, 6.07) is 17.8. The van der Waals surface area contributed by atoms with Crippen molar-refractivity contribution in [3.05, 3.63) is 93.1 Å². The van der Waals surface area contributed by atoms with Crippen molar-refractivity contribution in [1.29, 1.82) is 0 Å². The summed E-state index contributed by atoms with van der Waals surface area (Å²) in [5, 5.41) is 2.18. The highest BCUT2D eigenvalue weighted by Crippen LogP contribution is 2.39. The van der Waals surface area contributed by atoms with Crippen LogP contribution in [0.1, 0.15) is 68.6 Å². The SMILES string of the molecule is CC(C)N(CCc1ccc2c(c1)CC=c1c-2ccc2c1=CC(C(=O)c1ccc(F)cc1)C(C=O)C2(C)C)C(C)C. The number of rotatable bonds is 8. The summed E-state index contributed by atoms with van der Waals surface area (Å²) in [7, 11) is 0. The second-order valence-electron chi connectivity index (χ2n) is 12.5. The van der Waals surface area contributed by atoms with Gasteiger partial charge in [0.25, 0.3) is 0 Å². The normalized spacial score (nSPS) is 18.9. The fraction of sp³-hybridized carbons (Fsp3) is 0.389. The Labute approximate surface area is 237 Å². The summed E-state index contributed by atoms with van der Waals surface area (Å²) in [5.41, 5.74) is 6.06. The van der Waals surface area contributed by atoms with Gasteiger partial charge in [-0.2, -0.15) is 0 Å². The minimum Gasteiger partial charge on any atom is -0.303 e. The predicted octanol–water partition coefficient (Wildman–Crippen LogP) is 5.88. The molecule has 2 aliphatic rings. The summed E-state index contributed by atoms with van der Waals surface area (Å²) < 4.78 is 13.6. The van der Waals surface area contributed by atoms with Crippen LogP contribution in [-0.2, 0) is 23.1 Å². The van der Waals surface area contributed by atoms with E-state index in [9.17, 15) is 14.0 Å². The van der Waals surface area contributed by atoms with Crippen LogP contribution in [0.25, 0.3) is 23.3 Å². The zero-order chi connectivity index (χ0) is 28.8. The van der Waals surface area contributed by atoms with Crippen molar-refractivity contribution in [3.63, 3.8) is 0 Å². The summed E-state index contributed by atoms with van der Waals surface area (Å²) >= 11 is 0. The molecule has 5 rings (SSSR count). The maximum Gasteiger partial charge on any atom is 0.170 e. The molecule has 2 unspecified atom stereocenters. The molecule has 2 atom stereocenters. The first kappa shape index (κ1) is 28.2. The highest BCUT2D eigenvalue weighted by atomic mass is 19.1. The molecular formula is C36H40FNO2. The van der Waals surface area contributed by atoms with Crippen LogP contribution >= 0.6 is 0 Å². The van der Waals surface area contributed by atoms with E-state index in [0.717, 1.165) is 41.7 Å². The highest BCUT2D eigenvalue weighted by Gasteiger charge is 2.43. The highest BCUT2D eigenvalue weighted by molar-refractivity contribution is 6.03. The van der Waals surface area contributed by atoms with Gasteiger partial charge in [-0.25, -0.2) is 4.39 Å². The fourth-order valence-electron chi connectivity index (χ4n) is 6.86. The zero-order valence-corrected chi connectivity index (χ0v) is 24.5. The molecule has 3 aromatic rings. The van der Waals surface area contributed by atoms with E-state index in [-0.39, 0.29) is 11.6 Å². The number of hydrogen-bond acceptors (Lipinski definition) is 3. The van der Waals surface area contributed by atoms with Crippen LogP contribution in [0.3, 0.4) is 0 Å². The monoisotopic (exact) mass is 537 g/mol. The molecule has 4 heteroatoms. The van der Waals surface area contributed by atoms with Gasteiger partial charge in [-0.15, -0.1) is 0 Å². The Morgan fingerprint density at radius 2 is 1.65 bits per heavy atom. The van der Waals surface area contributed by atoms with E-state index in [2.05, 4.69) is 82.9 Å². The number of carbonyl (C=O) groups excluding carboxylic acids is 2. The minimum atomic E-state index is -0.612. The summed E-state index contributed by atoms with van der Waals surface area (Å²) in [5.74, 6) is -1.65. The van der Waals surface area contributed by atoms with E-state index < -0.39 is 17.3 Å². The number of nitrogens with zero attached hydrogens (tertiary/aromatic N) is 1. The van der Waals surface area contributed by atoms with Crippen LogP contribution in [0.2, 0.25) is 0 Å². The van der Waals surface area contributed by atoms with E-state index >= 15 is 0 Å². The Bertz CT molecular complexity index is 1560. The average molecular weight is 538 g/mol. The van der Waals surface area contributed by atoms with Gasteiger partial charge in [-0.1, -0.05) is 56.3 Å². The third kappa shape index (κ3) is 4.99. The van der Waals surface area contributed by atoms with Gasteiger partial charge >= 0.3 is 0 Å². The quantitative estimate of drug-likeness (QED) is 0.266. The topological polar surface area (TPSA) is 37.4 Å². The number of ketones is 1. The largest absolute Gasteiger partial charge is 0.303 e. The molecule has 0 radical (unpaired) electrons. The van der Waals surface area contributed by atoms with Crippen LogP contribution in [0.4, 0.5) is 4.39 Å². The number of halogens is 1. The van der Waals surface area contributed by atoms with Gasteiger partial charge in [0.15, 0.2) is 5.78 Å². The Hall–Kier alpha value is -3.37. The number of Topliss-reactive ketones (excluding diaryl/α,β-unsaturated/α-hetero) is 1. The lowest BCUT2D eigenvalue weighted by molar-refractivity contribution is -0.113. The first-order chi connectivity index (χ1) is 19.0. The van der Waals surface area contributed by atoms with Crippen LogP contribution in [0, 0.1) is 17.7 Å². The predicted molar refractivity (Wildman–Crippen MR) is 161 cm³/mol. The molecule has 0 fully saturated rings. The summed E-state index contributed by atoms with van der Waals surface area (Å²) in [6.07, 6.45) is 7.04. The number of carbonyl (C=O) groups is 2.